The molecule has 0 saturated carbocycles. The summed E-state index contributed by atoms with van der Waals surface area (Å²) >= 11 is 3.48. The Bertz CT molecular complexity index is 406. The van der Waals surface area contributed by atoms with Gasteiger partial charge in [0.05, 0.1) is 17.1 Å². The topological polar surface area (TPSA) is 47.4 Å². The fraction of sp³-hybridized carbons (Fsp3) is 0.667. The van der Waals surface area contributed by atoms with E-state index in [4.69, 9.17) is 4.74 Å². The Labute approximate surface area is 116 Å². The van der Waals surface area contributed by atoms with Gasteiger partial charge in [-0.05, 0) is 19.9 Å². The molecule has 0 bridgehead atoms. The fourth-order valence-corrected chi connectivity index (χ4v) is 2.47. The van der Waals surface area contributed by atoms with E-state index < -0.39 is 0 Å². The van der Waals surface area contributed by atoms with E-state index in [1.807, 2.05) is 19.9 Å². The van der Waals surface area contributed by atoms with Crippen LogP contribution in [0.3, 0.4) is 0 Å². The Morgan fingerprint density at radius 1 is 1.67 bits per heavy atom. The first-order chi connectivity index (χ1) is 8.49. The first-order valence-electron chi connectivity index (χ1n) is 5.92. The molecular weight excluding hydrogens is 298 g/mol. The highest BCUT2D eigenvalue weighted by molar-refractivity contribution is 9.09. The van der Waals surface area contributed by atoms with E-state index in [9.17, 15) is 4.79 Å². The maximum absolute atomic E-state index is 12.3. The van der Waals surface area contributed by atoms with Crippen molar-refractivity contribution in [3.8, 4) is 0 Å². The van der Waals surface area contributed by atoms with E-state index in [-0.39, 0.29) is 10.7 Å². The molecule has 102 valence electrons. The third-order valence-corrected chi connectivity index (χ3v) is 3.14. The van der Waals surface area contributed by atoms with Gasteiger partial charge in [-0.1, -0.05) is 15.9 Å². The molecule has 0 spiro atoms. The highest BCUT2D eigenvalue weighted by atomic mass is 79.9. The monoisotopic (exact) mass is 317 g/mol. The van der Waals surface area contributed by atoms with E-state index in [0.29, 0.717) is 25.4 Å². The number of halogens is 1. The van der Waals surface area contributed by atoms with Crippen LogP contribution in [0.1, 0.15) is 23.1 Å². The molecule has 0 N–H and O–H groups in total. The third-order valence-electron chi connectivity index (χ3n) is 2.59. The summed E-state index contributed by atoms with van der Waals surface area (Å²) in [5.41, 5.74) is 1.50. The van der Waals surface area contributed by atoms with E-state index in [1.54, 1.807) is 23.7 Å². The van der Waals surface area contributed by atoms with Crippen LogP contribution in [0.2, 0.25) is 0 Å². The average molecular weight is 318 g/mol. The minimum absolute atomic E-state index is 0.0157. The van der Waals surface area contributed by atoms with Gasteiger partial charge in [-0.15, -0.1) is 0 Å². The van der Waals surface area contributed by atoms with Crippen molar-refractivity contribution in [2.45, 2.75) is 25.2 Å². The molecule has 0 aliphatic carbocycles. The van der Waals surface area contributed by atoms with Gasteiger partial charge in [0.1, 0.15) is 5.69 Å². The number of alkyl halides is 1. The van der Waals surface area contributed by atoms with Crippen molar-refractivity contribution < 1.29 is 9.53 Å². The van der Waals surface area contributed by atoms with Crippen LogP contribution >= 0.6 is 15.9 Å². The van der Waals surface area contributed by atoms with Crippen LogP contribution in [0.5, 0.6) is 0 Å². The van der Waals surface area contributed by atoms with Crippen LogP contribution in [0.4, 0.5) is 0 Å². The van der Waals surface area contributed by atoms with Crippen molar-refractivity contribution in [2.24, 2.45) is 0 Å². The molecular formula is C12H20BrN3O2. The van der Waals surface area contributed by atoms with Gasteiger partial charge in [0.2, 0.25) is 0 Å². The Hall–Kier alpha value is -0.880. The number of rotatable bonds is 6. The standard InChI is InChI=1S/C12H20BrN3O2/c1-5-16-11(6-9(2)14-16)12(17)15(3)7-10(13)8-18-4/h6,10H,5,7-8H2,1-4H3. The minimum Gasteiger partial charge on any atom is -0.383 e. The van der Waals surface area contributed by atoms with Crippen molar-refractivity contribution in [1.82, 2.24) is 14.7 Å². The summed E-state index contributed by atoms with van der Waals surface area (Å²) < 4.78 is 6.77. The third kappa shape index (κ3) is 3.81. The lowest BCUT2D eigenvalue weighted by molar-refractivity contribution is 0.0772. The SMILES string of the molecule is CCn1nc(C)cc1C(=O)N(C)CC(Br)COC. The van der Waals surface area contributed by atoms with Crippen molar-refractivity contribution in [1.29, 1.82) is 0 Å². The molecule has 0 saturated heterocycles. The van der Waals surface area contributed by atoms with Crippen LogP contribution in [-0.4, -0.2) is 52.7 Å². The smallest absolute Gasteiger partial charge is 0.271 e. The number of hydrogen-bond acceptors (Lipinski definition) is 3. The van der Waals surface area contributed by atoms with Crippen molar-refractivity contribution in [3.05, 3.63) is 17.5 Å². The molecule has 1 aromatic rings. The largest absolute Gasteiger partial charge is 0.383 e. The lowest BCUT2D eigenvalue weighted by atomic mass is 10.3. The molecule has 0 aromatic carbocycles. The molecule has 1 amide bonds. The number of carbonyl (C=O) groups is 1. The molecule has 6 heteroatoms. The number of amides is 1. The normalized spacial score (nSPS) is 12.5. The van der Waals surface area contributed by atoms with E-state index in [1.165, 1.54) is 0 Å². The van der Waals surface area contributed by atoms with Crippen LogP contribution in [0.25, 0.3) is 0 Å². The van der Waals surface area contributed by atoms with Crippen LogP contribution in [0, 0.1) is 6.92 Å². The van der Waals surface area contributed by atoms with Gasteiger partial charge in [0, 0.05) is 27.2 Å². The van der Waals surface area contributed by atoms with Gasteiger partial charge in [-0.2, -0.15) is 5.10 Å². The number of ether oxygens (including phenoxy) is 1. The molecule has 0 aliphatic rings. The molecule has 1 rings (SSSR count). The van der Waals surface area contributed by atoms with Crippen LogP contribution in [-0.2, 0) is 11.3 Å². The molecule has 0 radical (unpaired) electrons. The molecule has 0 aliphatic heterocycles. The first kappa shape index (κ1) is 15.2. The number of aromatic nitrogens is 2. The second-order valence-corrected chi connectivity index (χ2v) is 5.52. The zero-order valence-corrected chi connectivity index (χ0v) is 12.9. The van der Waals surface area contributed by atoms with Gasteiger partial charge in [-0.3, -0.25) is 9.48 Å². The number of aryl methyl sites for hydroxylation is 2. The predicted molar refractivity (Wildman–Crippen MR) is 74.2 cm³/mol. The van der Waals surface area contributed by atoms with Crippen LogP contribution < -0.4 is 0 Å². The quantitative estimate of drug-likeness (QED) is 0.750. The summed E-state index contributed by atoms with van der Waals surface area (Å²) in [6.07, 6.45) is 0. The minimum atomic E-state index is -0.0157. The molecule has 1 aromatic heterocycles. The summed E-state index contributed by atoms with van der Waals surface area (Å²) in [6, 6.07) is 1.82. The van der Waals surface area contributed by atoms with Gasteiger partial charge in [0.25, 0.3) is 5.91 Å². The Morgan fingerprint density at radius 2 is 2.33 bits per heavy atom. The lowest BCUT2D eigenvalue weighted by Gasteiger charge is -2.20. The van der Waals surface area contributed by atoms with Gasteiger partial charge < -0.3 is 9.64 Å². The van der Waals surface area contributed by atoms with Crippen molar-refractivity contribution in [2.75, 3.05) is 27.3 Å². The second kappa shape index (κ2) is 6.89. The first-order valence-corrected chi connectivity index (χ1v) is 6.84. The number of methoxy groups -OCH3 is 1. The van der Waals surface area contributed by atoms with Gasteiger partial charge >= 0.3 is 0 Å². The van der Waals surface area contributed by atoms with Crippen molar-refractivity contribution in [3.63, 3.8) is 0 Å². The summed E-state index contributed by atoms with van der Waals surface area (Å²) in [7, 11) is 3.43. The number of carbonyl (C=O) groups excluding carboxylic acids is 1. The fourth-order valence-electron chi connectivity index (χ4n) is 1.77. The summed E-state index contributed by atoms with van der Waals surface area (Å²) in [5, 5.41) is 4.28. The molecule has 1 unspecified atom stereocenters. The summed E-state index contributed by atoms with van der Waals surface area (Å²) in [4.78, 5) is 14.1. The summed E-state index contributed by atoms with van der Waals surface area (Å²) in [5.74, 6) is -0.0157. The highest BCUT2D eigenvalue weighted by Gasteiger charge is 2.19. The molecule has 5 nitrogen and oxygen atoms in total. The average Bonchev–Trinajstić information content (AvgIpc) is 2.69. The predicted octanol–water partition coefficient (Wildman–Crippen LogP) is 1.69. The molecule has 1 atom stereocenters. The Kier molecular flexibility index (Phi) is 5.81. The van der Waals surface area contributed by atoms with E-state index in [2.05, 4.69) is 21.0 Å². The molecule has 0 fully saturated rings. The highest BCUT2D eigenvalue weighted by Crippen LogP contribution is 2.09. The zero-order valence-electron chi connectivity index (χ0n) is 11.3. The Morgan fingerprint density at radius 3 is 2.89 bits per heavy atom. The van der Waals surface area contributed by atoms with Gasteiger partial charge in [-0.25, -0.2) is 0 Å². The molecule has 18 heavy (non-hydrogen) atoms. The lowest BCUT2D eigenvalue weighted by Crippen LogP contribution is -2.34. The second-order valence-electron chi connectivity index (χ2n) is 4.23. The maximum atomic E-state index is 12.3. The summed E-state index contributed by atoms with van der Waals surface area (Å²) in [6.45, 7) is 5.73. The Balaban J connectivity index is 2.73. The van der Waals surface area contributed by atoms with Crippen molar-refractivity contribution >= 4 is 21.8 Å². The van der Waals surface area contributed by atoms with E-state index in [0.717, 1.165) is 5.69 Å². The van der Waals surface area contributed by atoms with Crippen LogP contribution in [0.15, 0.2) is 6.07 Å². The van der Waals surface area contributed by atoms with E-state index >= 15 is 0 Å². The molecule has 1 heterocycles. The zero-order chi connectivity index (χ0) is 13.7. The number of hydrogen-bond donors (Lipinski definition) is 0. The van der Waals surface area contributed by atoms with Gasteiger partial charge in [0.15, 0.2) is 0 Å². The number of nitrogens with zero attached hydrogens (tertiary/aromatic N) is 3. The maximum Gasteiger partial charge on any atom is 0.271 e.